The van der Waals surface area contributed by atoms with E-state index in [0.717, 1.165) is 22.6 Å². The highest BCUT2D eigenvalue weighted by molar-refractivity contribution is 7.22. The van der Waals surface area contributed by atoms with E-state index in [1.54, 1.807) is 0 Å². The lowest BCUT2D eigenvalue weighted by Crippen LogP contribution is -2.28. The molecule has 3 aromatic heterocycles. The molecule has 2 aliphatic rings. The largest absolute Gasteiger partial charge is 0.301 e. The van der Waals surface area contributed by atoms with Gasteiger partial charge in [-0.2, -0.15) is 0 Å². The third-order valence-corrected chi connectivity index (χ3v) is 12.7. The number of benzene rings is 6. The molecule has 230 valence electrons. The van der Waals surface area contributed by atoms with Crippen molar-refractivity contribution in [3.8, 4) is 49.0 Å². The van der Waals surface area contributed by atoms with Crippen LogP contribution in [0.25, 0.3) is 69.1 Å². The van der Waals surface area contributed by atoms with Crippen LogP contribution in [0.3, 0.4) is 0 Å². The molecule has 49 heavy (non-hydrogen) atoms. The molecule has 0 bridgehead atoms. The van der Waals surface area contributed by atoms with Crippen molar-refractivity contribution in [2.45, 2.75) is 5.41 Å². The summed E-state index contributed by atoms with van der Waals surface area (Å²) >= 11 is 3.67. The molecular weight excluding hydrogens is 640 g/mol. The third kappa shape index (κ3) is 3.72. The minimum Gasteiger partial charge on any atom is -0.301 e. The van der Waals surface area contributed by atoms with E-state index in [4.69, 9.17) is 4.98 Å². The van der Waals surface area contributed by atoms with Crippen LogP contribution in [-0.4, -0.2) is 9.55 Å². The molecule has 0 aliphatic heterocycles. The smallest absolute Gasteiger partial charge is 0.123 e. The van der Waals surface area contributed by atoms with Gasteiger partial charge in [0.15, 0.2) is 0 Å². The zero-order valence-corrected chi connectivity index (χ0v) is 27.7. The van der Waals surface area contributed by atoms with E-state index < -0.39 is 5.41 Å². The van der Waals surface area contributed by atoms with E-state index in [2.05, 4.69) is 126 Å². The first-order valence-electron chi connectivity index (χ1n) is 16.4. The number of hydrogen-bond acceptors (Lipinski definition) is 3. The molecule has 0 fully saturated rings. The SMILES string of the molecule is Fc1ccc(-n2cnc3c2C2(c4cc(-c5cc6ccccc6s5)ccc4-c4ccc(-c5cc6ccccc6s5)cc42)c2ccccc2-3)cc1. The van der Waals surface area contributed by atoms with Gasteiger partial charge in [-0.05, 0) is 110 Å². The van der Waals surface area contributed by atoms with Crippen molar-refractivity contribution in [3.05, 3.63) is 180 Å². The predicted octanol–water partition coefficient (Wildman–Crippen LogP) is 12.1. The number of thiophene rings is 2. The van der Waals surface area contributed by atoms with Crippen LogP contribution < -0.4 is 0 Å². The van der Waals surface area contributed by atoms with Gasteiger partial charge < -0.3 is 4.57 Å². The maximum absolute atomic E-state index is 14.2. The first-order chi connectivity index (χ1) is 24.2. The van der Waals surface area contributed by atoms with Crippen molar-refractivity contribution in [2.24, 2.45) is 0 Å². The molecule has 0 atom stereocenters. The van der Waals surface area contributed by atoms with E-state index in [-0.39, 0.29) is 5.82 Å². The fraction of sp³-hybridized carbons (Fsp3) is 0.0227. The van der Waals surface area contributed by atoms with Crippen molar-refractivity contribution >= 4 is 42.8 Å². The van der Waals surface area contributed by atoms with Gasteiger partial charge in [-0.25, -0.2) is 9.37 Å². The number of nitrogens with zero attached hydrogens (tertiary/aromatic N) is 2. The fourth-order valence-electron chi connectivity index (χ4n) is 8.27. The lowest BCUT2D eigenvalue weighted by atomic mass is 9.72. The standard InChI is InChI=1S/C44H25FN2S2/c45-30-15-17-31(18-16-30)47-25-46-42-34-9-3-4-10-35(34)44(43(42)47)36-21-28(40-23-26-7-1-5-11-38(26)48-40)13-19-32(36)33-20-14-29(22-37(33)44)41-24-27-8-2-6-12-39(27)49-41/h1-25H. The summed E-state index contributed by atoms with van der Waals surface area (Å²) in [6, 6.07) is 51.4. The lowest BCUT2D eigenvalue weighted by molar-refractivity contribution is 0.627. The minimum atomic E-state index is -0.638. The zero-order valence-electron chi connectivity index (χ0n) is 26.0. The number of rotatable bonds is 3. The van der Waals surface area contributed by atoms with Crippen molar-refractivity contribution in [1.82, 2.24) is 9.55 Å². The average Bonchev–Trinajstić information content (AvgIpc) is 3.96. The first-order valence-corrected chi connectivity index (χ1v) is 18.0. The quantitative estimate of drug-likeness (QED) is 0.184. The zero-order chi connectivity index (χ0) is 32.3. The number of fused-ring (bicyclic) bond motifs is 12. The van der Waals surface area contributed by atoms with Crippen LogP contribution in [0, 0.1) is 5.82 Å². The maximum atomic E-state index is 14.2. The summed E-state index contributed by atoms with van der Waals surface area (Å²) in [5, 5.41) is 2.52. The maximum Gasteiger partial charge on any atom is 0.123 e. The van der Waals surface area contributed by atoms with Gasteiger partial charge in [0.1, 0.15) is 12.1 Å². The summed E-state index contributed by atoms with van der Waals surface area (Å²) in [5.41, 5.74) is 12.1. The highest BCUT2D eigenvalue weighted by Gasteiger charge is 2.54. The van der Waals surface area contributed by atoms with Crippen LogP contribution >= 0.6 is 22.7 Å². The van der Waals surface area contributed by atoms with Gasteiger partial charge in [-0.1, -0.05) is 84.9 Å². The van der Waals surface area contributed by atoms with Crippen LogP contribution in [0.1, 0.15) is 22.4 Å². The Morgan fingerprint density at radius 3 is 1.71 bits per heavy atom. The Bertz CT molecular complexity index is 2610. The molecule has 9 aromatic rings. The molecular formula is C44H25FN2S2. The summed E-state index contributed by atoms with van der Waals surface area (Å²) in [5.74, 6) is -0.254. The van der Waals surface area contributed by atoms with Crippen molar-refractivity contribution < 1.29 is 4.39 Å². The number of aromatic nitrogens is 2. The Kier molecular flexibility index (Phi) is 5.56. The normalized spacial score (nSPS) is 13.6. The summed E-state index contributed by atoms with van der Waals surface area (Å²) in [6.07, 6.45) is 1.92. The van der Waals surface area contributed by atoms with Gasteiger partial charge in [-0.3, -0.25) is 0 Å². The van der Waals surface area contributed by atoms with Crippen molar-refractivity contribution in [2.75, 3.05) is 0 Å². The highest BCUT2D eigenvalue weighted by atomic mass is 32.1. The van der Waals surface area contributed by atoms with E-state index in [0.29, 0.717) is 0 Å². The number of halogens is 1. The summed E-state index contributed by atoms with van der Waals surface area (Å²) < 4.78 is 19.0. The van der Waals surface area contributed by atoms with Crippen LogP contribution in [0.5, 0.6) is 0 Å². The molecule has 3 heterocycles. The number of hydrogen-bond donors (Lipinski definition) is 0. The van der Waals surface area contributed by atoms with E-state index >= 15 is 0 Å². The van der Waals surface area contributed by atoms with Gasteiger partial charge in [0.05, 0.1) is 16.8 Å². The van der Waals surface area contributed by atoms with Crippen LogP contribution in [0.2, 0.25) is 0 Å². The monoisotopic (exact) mass is 664 g/mol. The molecule has 0 amide bonds. The van der Waals surface area contributed by atoms with Crippen LogP contribution in [0.4, 0.5) is 4.39 Å². The molecule has 0 saturated heterocycles. The lowest BCUT2D eigenvalue weighted by Gasteiger charge is -2.31. The molecule has 5 heteroatoms. The predicted molar refractivity (Wildman–Crippen MR) is 201 cm³/mol. The summed E-state index contributed by atoms with van der Waals surface area (Å²) in [7, 11) is 0. The second-order valence-corrected chi connectivity index (χ2v) is 15.1. The first kappa shape index (κ1) is 27.3. The topological polar surface area (TPSA) is 17.8 Å². The average molecular weight is 665 g/mol. The second kappa shape index (κ2) is 9.95. The van der Waals surface area contributed by atoms with Crippen molar-refractivity contribution in [3.63, 3.8) is 0 Å². The Balaban J connectivity index is 1.24. The molecule has 1 spiro atoms. The molecule has 2 nitrogen and oxygen atoms in total. The molecule has 6 aromatic carbocycles. The van der Waals surface area contributed by atoms with Gasteiger partial charge in [-0.15, -0.1) is 22.7 Å². The molecule has 0 saturated carbocycles. The highest BCUT2D eigenvalue weighted by Crippen LogP contribution is 2.63. The van der Waals surface area contributed by atoms with Crippen LogP contribution in [0.15, 0.2) is 152 Å². The fourth-order valence-corrected chi connectivity index (χ4v) is 10.4. The molecule has 0 N–H and O–H groups in total. The molecule has 11 rings (SSSR count). The Morgan fingerprint density at radius 1 is 0.531 bits per heavy atom. The Hall–Kier alpha value is -5.62. The molecule has 0 unspecified atom stereocenters. The Labute approximate surface area is 290 Å². The third-order valence-electron chi connectivity index (χ3n) is 10.4. The summed E-state index contributed by atoms with van der Waals surface area (Å²) in [4.78, 5) is 7.59. The second-order valence-electron chi connectivity index (χ2n) is 12.9. The van der Waals surface area contributed by atoms with Crippen molar-refractivity contribution in [1.29, 1.82) is 0 Å². The molecule has 0 radical (unpaired) electrons. The summed E-state index contributed by atoms with van der Waals surface area (Å²) in [6.45, 7) is 0. The van der Waals surface area contributed by atoms with Gasteiger partial charge in [0.25, 0.3) is 0 Å². The van der Waals surface area contributed by atoms with E-state index in [9.17, 15) is 4.39 Å². The van der Waals surface area contributed by atoms with Gasteiger partial charge in [0.2, 0.25) is 0 Å². The minimum absolute atomic E-state index is 0.254. The van der Waals surface area contributed by atoms with E-state index in [1.165, 1.54) is 81.0 Å². The van der Waals surface area contributed by atoms with Gasteiger partial charge >= 0.3 is 0 Å². The Morgan fingerprint density at radius 2 is 1.10 bits per heavy atom. The van der Waals surface area contributed by atoms with Crippen LogP contribution in [-0.2, 0) is 5.41 Å². The van der Waals surface area contributed by atoms with Gasteiger partial charge in [0, 0.05) is 30.4 Å². The molecule has 2 aliphatic carbocycles. The van der Waals surface area contributed by atoms with E-state index in [1.807, 2.05) is 41.1 Å². The number of imidazole rings is 1.